The fourth-order valence-corrected chi connectivity index (χ4v) is 1.23. The van der Waals surface area contributed by atoms with Gasteiger partial charge < -0.3 is 5.11 Å². The lowest BCUT2D eigenvalue weighted by molar-refractivity contribution is 0.0697. The number of hydrogen-bond acceptors (Lipinski definition) is 1. The van der Waals surface area contributed by atoms with Crippen LogP contribution in [0.3, 0.4) is 0 Å². The molecule has 0 saturated carbocycles. The van der Waals surface area contributed by atoms with Crippen molar-refractivity contribution in [2.24, 2.45) is 0 Å². The van der Waals surface area contributed by atoms with Gasteiger partial charge in [0.05, 0.1) is 5.56 Å². The van der Waals surface area contributed by atoms with Gasteiger partial charge in [-0.15, -0.1) is 0 Å². The normalized spacial score (nSPS) is 10.6. The van der Waals surface area contributed by atoms with Gasteiger partial charge in [0.2, 0.25) is 0 Å². The third-order valence-electron chi connectivity index (χ3n) is 2.04. The molecule has 0 aliphatic rings. The molecule has 74 valence electrons. The molecular weight excluding hydrogens is 176 g/mol. The summed E-state index contributed by atoms with van der Waals surface area (Å²) in [7, 11) is 0. The minimum atomic E-state index is -0.870. The maximum Gasteiger partial charge on any atom is 0.335 e. The number of rotatable bonds is 4. The van der Waals surface area contributed by atoms with Crippen LogP contribution in [0.5, 0.6) is 0 Å². The van der Waals surface area contributed by atoms with Gasteiger partial charge in [-0.25, -0.2) is 4.79 Å². The first-order chi connectivity index (χ1) is 6.74. The van der Waals surface area contributed by atoms with Crippen LogP contribution in [0.4, 0.5) is 0 Å². The van der Waals surface area contributed by atoms with Crippen LogP contribution in [0.1, 0.15) is 29.3 Å². The summed E-state index contributed by atoms with van der Waals surface area (Å²) >= 11 is 0. The van der Waals surface area contributed by atoms with Gasteiger partial charge in [-0.05, 0) is 37.5 Å². The molecule has 2 heteroatoms. The van der Waals surface area contributed by atoms with E-state index in [-0.39, 0.29) is 0 Å². The zero-order valence-corrected chi connectivity index (χ0v) is 8.23. The van der Waals surface area contributed by atoms with Gasteiger partial charge >= 0.3 is 5.97 Å². The molecule has 0 aliphatic heterocycles. The van der Waals surface area contributed by atoms with Gasteiger partial charge in [0.15, 0.2) is 0 Å². The summed E-state index contributed by atoms with van der Waals surface area (Å²) in [6.07, 6.45) is 6.09. The van der Waals surface area contributed by atoms with E-state index in [1.165, 1.54) is 5.56 Å². The molecule has 0 heterocycles. The second-order valence-corrected chi connectivity index (χ2v) is 3.11. The lowest BCUT2D eigenvalue weighted by Gasteiger charge is -1.99. The number of carboxylic acid groups (broad SMARTS) is 1. The van der Waals surface area contributed by atoms with Crippen molar-refractivity contribution in [3.05, 3.63) is 47.5 Å². The van der Waals surface area contributed by atoms with E-state index in [1.54, 1.807) is 12.1 Å². The van der Waals surface area contributed by atoms with Gasteiger partial charge in [0.25, 0.3) is 0 Å². The van der Waals surface area contributed by atoms with Crippen molar-refractivity contribution >= 4 is 5.97 Å². The van der Waals surface area contributed by atoms with E-state index in [2.05, 4.69) is 6.08 Å². The van der Waals surface area contributed by atoms with Crippen LogP contribution in [0.15, 0.2) is 36.4 Å². The highest BCUT2D eigenvalue weighted by molar-refractivity contribution is 5.87. The number of allylic oxidation sites excluding steroid dienone is 2. The van der Waals surface area contributed by atoms with E-state index in [4.69, 9.17) is 5.11 Å². The predicted molar refractivity (Wildman–Crippen MR) is 56.5 cm³/mol. The summed E-state index contributed by atoms with van der Waals surface area (Å²) in [5, 5.41) is 8.68. The van der Waals surface area contributed by atoms with Gasteiger partial charge in [-0.3, -0.25) is 0 Å². The molecule has 14 heavy (non-hydrogen) atoms. The maximum atomic E-state index is 10.6. The lowest BCUT2D eigenvalue weighted by atomic mass is 10.1. The van der Waals surface area contributed by atoms with E-state index in [1.807, 2.05) is 25.1 Å². The topological polar surface area (TPSA) is 37.3 Å². The first-order valence-electron chi connectivity index (χ1n) is 4.67. The van der Waals surface area contributed by atoms with Crippen LogP contribution in [-0.2, 0) is 6.42 Å². The average Bonchev–Trinajstić information content (AvgIpc) is 2.19. The van der Waals surface area contributed by atoms with E-state index in [0.717, 1.165) is 12.8 Å². The molecule has 0 saturated heterocycles. The highest BCUT2D eigenvalue weighted by Crippen LogP contribution is 2.07. The maximum absolute atomic E-state index is 10.6. The molecule has 0 unspecified atom stereocenters. The lowest BCUT2D eigenvalue weighted by Crippen LogP contribution is -1.95. The molecular formula is C12H14O2. The Morgan fingerprint density at radius 2 is 2.00 bits per heavy atom. The molecule has 1 aromatic carbocycles. The monoisotopic (exact) mass is 190 g/mol. The Balaban J connectivity index is 2.59. The van der Waals surface area contributed by atoms with E-state index in [9.17, 15) is 4.79 Å². The highest BCUT2D eigenvalue weighted by atomic mass is 16.4. The summed E-state index contributed by atoms with van der Waals surface area (Å²) in [4.78, 5) is 10.6. The molecule has 1 aromatic rings. The van der Waals surface area contributed by atoms with Crippen molar-refractivity contribution in [3.8, 4) is 0 Å². The molecule has 0 bridgehead atoms. The van der Waals surface area contributed by atoms with Crippen molar-refractivity contribution in [2.45, 2.75) is 19.8 Å². The number of aryl methyl sites for hydroxylation is 1. The molecule has 0 amide bonds. The molecule has 0 atom stereocenters. The third kappa shape index (κ3) is 3.05. The van der Waals surface area contributed by atoms with E-state index in [0.29, 0.717) is 5.56 Å². The molecule has 0 fully saturated rings. The molecule has 0 spiro atoms. The summed E-state index contributed by atoms with van der Waals surface area (Å²) in [5.41, 5.74) is 1.52. The van der Waals surface area contributed by atoms with E-state index < -0.39 is 5.97 Å². The predicted octanol–water partition coefficient (Wildman–Crippen LogP) is 2.89. The fourth-order valence-electron chi connectivity index (χ4n) is 1.23. The van der Waals surface area contributed by atoms with Crippen molar-refractivity contribution in [2.75, 3.05) is 0 Å². The summed E-state index contributed by atoms with van der Waals surface area (Å²) in [6.45, 7) is 1.99. The van der Waals surface area contributed by atoms with Gasteiger partial charge in [0, 0.05) is 0 Å². The molecule has 0 aliphatic carbocycles. The Kier molecular flexibility index (Phi) is 3.92. The van der Waals surface area contributed by atoms with Gasteiger partial charge in [-0.1, -0.05) is 24.3 Å². The SMILES string of the molecule is CC=CCCc1ccc(C(=O)O)cc1. The Labute approximate surface area is 83.9 Å². The first kappa shape index (κ1) is 10.5. The minimum absolute atomic E-state index is 0.347. The van der Waals surface area contributed by atoms with Crippen LogP contribution < -0.4 is 0 Å². The Bertz CT molecular complexity index is 323. The Morgan fingerprint density at radius 1 is 1.36 bits per heavy atom. The number of hydrogen-bond donors (Lipinski definition) is 1. The smallest absolute Gasteiger partial charge is 0.335 e. The zero-order chi connectivity index (χ0) is 10.4. The molecule has 1 rings (SSSR count). The van der Waals surface area contributed by atoms with Crippen molar-refractivity contribution in [1.29, 1.82) is 0 Å². The van der Waals surface area contributed by atoms with Gasteiger partial charge in [0.1, 0.15) is 0 Å². The van der Waals surface area contributed by atoms with Gasteiger partial charge in [-0.2, -0.15) is 0 Å². The fraction of sp³-hybridized carbons (Fsp3) is 0.250. The van der Waals surface area contributed by atoms with Crippen LogP contribution in [-0.4, -0.2) is 11.1 Å². The summed E-state index contributed by atoms with van der Waals surface area (Å²) in [5.74, 6) is -0.870. The van der Waals surface area contributed by atoms with Crippen LogP contribution in [0.2, 0.25) is 0 Å². The second kappa shape index (κ2) is 5.22. The van der Waals surface area contributed by atoms with Crippen LogP contribution in [0, 0.1) is 0 Å². The second-order valence-electron chi connectivity index (χ2n) is 3.11. The molecule has 2 nitrogen and oxygen atoms in total. The quantitative estimate of drug-likeness (QED) is 0.741. The number of carboxylic acids is 1. The molecule has 0 aromatic heterocycles. The number of benzene rings is 1. The number of carbonyl (C=O) groups is 1. The van der Waals surface area contributed by atoms with Crippen LogP contribution in [0.25, 0.3) is 0 Å². The third-order valence-corrected chi connectivity index (χ3v) is 2.04. The van der Waals surface area contributed by atoms with Crippen molar-refractivity contribution in [1.82, 2.24) is 0 Å². The Hall–Kier alpha value is -1.57. The number of aromatic carboxylic acids is 1. The minimum Gasteiger partial charge on any atom is -0.478 e. The highest BCUT2D eigenvalue weighted by Gasteiger charge is 2.00. The molecule has 1 N–H and O–H groups in total. The largest absolute Gasteiger partial charge is 0.478 e. The van der Waals surface area contributed by atoms with E-state index >= 15 is 0 Å². The zero-order valence-electron chi connectivity index (χ0n) is 8.23. The standard InChI is InChI=1S/C12H14O2/c1-2-3-4-5-10-6-8-11(9-7-10)12(13)14/h2-3,6-9H,4-5H2,1H3,(H,13,14). The van der Waals surface area contributed by atoms with Crippen LogP contribution >= 0.6 is 0 Å². The average molecular weight is 190 g/mol. The summed E-state index contributed by atoms with van der Waals surface area (Å²) < 4.78 is 0. The molecule has 0 radical (unpaired) electrons. The Morgan fingerprint density at radius 3 is 2.50 bits per heavy atom. The van der Waals surface area contributed by atoms with Crippen molar-refractivity contribution < 1.29 is 9.90 Å². The summed E-state index contributed by atoms with van der Waals surface area (Å²) in [6, 6.07) is 7.03. The first-order valence-corrected chi connectivity index (χ1v) is 4.67. The van der Waals surface area contributed by atoms with Crippen molar-refractivity contribution in [3.63, 3.8) is 0 Å².